The zero-order valence-corrected chi connectivity index (χ0v) is 23.1. The van der Waals surface area contributed by atoms with Gasteiger partial charge in [0.2, 0.25) is 5.91 Å². The van der Waals surface area contributed by atoms with Crippen LogP contribution in [0.5, 0.6) is 11.5 Å². The first-order valence-electron chi connectivity index (χ1n) is 11.6. The van der Waals surface area contributed by atoms with Crippen molar-refractivity contribution in [3.8, 4) is 11.5 Å². The predicted molar refractivity (Wildman–Crippen MR) is 150 cm³/mol. The van der Waals surface area contributed by atoms with E-state index in [4.69, 9.17) is 32.7 Å². The van der Waals surface area contributed by atoms with Gasteiger partial charge in [0.25, 0.3) is 0 Å². The normalized spacial score (nSPS) is 11.4. The summed E-state index contributed by atoms with van der Waals surface area (Å²) in [6, 6.07) is 15.2. The Bertz CT molecular complexity index is 1530. The van der Waals surface area contributed by atoms with Crippen molar-refractivity contribution in [1.82, 2.24) is 10.4 Å². The largest absolute Gasteiger partial charge is 0.493 e. The average molecular weight is 609 g/mol. The summed E-state index contributed by atoms with van der Waals surface area (Å²) in [5.74, 6) is 0.562. The standard InChI is InChI=1S/C27H21Cl2F3N4O3S/c1-38-24-10-16(6-8-23(24)39-14-17-5-7-21(28)22(29)9-17)13-33-36-25(37)12-20-15-40-26(35-20)34-19-4-2-3-18(11-19)27(30,31)32/h2-11,13,15H,12,14H2,1H3,(H,34,35)(H,36,37)/b33-13-. The molecule has 1 aromatic heterocycles. The molecule has 2 N–H and O–H groups in total. The Morgan fingerprint density at radius 3 is 2.65 bits per heavy atom. The number of alkyl halides is 3. The van der Waals surface area contributed by atoms with Crippen LogP contribution in [0, 0.1) is 0 Å². The van der Waals surface area contributed by atoms with Crippen LogP contribution in [0.15, 0.2) is 71.1 Å². The lowest BCUT2D eigenvalue weighted by Gasteiger charge is -2.11. The number of methoxy groups -OCH3 is 1. The molecule has 0 saturated carbocycles. The highest BCUT2D eigenvalue weighted by atomic mass is 35.5. The Morgan fingerprint density at radius 2 is 1.90 bits per heavy atom. The van der Waals surface area contributed by atoms with Crippen molar-refractivity contribution in [2.45, 2.75) is 19.2 Å². The SMILES string of the molecule is COc1cc(/C=N\NC(=O)Cc2csc(Nc3cccc(C(F)(F)F)c3)n2)ccc1OCc1ccc(Cl)c(Cl)c1. The molecular weight excluding hydrogens is 588 g/mol. The van der Waals surface area contributed by atoms with Gasteiger partial charge in [-0.1, -0.05) is 35.3 Å². The van der Waals surface area contributed by atoms with E-state index in [1.165, 1.54) is 36.8 Å². The monoisotopic (exact) mass is 608 g/mol. The van der Waals surface area contributed by atoms with Crippen LogP contribution in [0.25, 0.3) is 0 Å². The summed E-state index contributed by atoms with van der Waals surface area (Å²) in [6.45, 7) is 0.255. The molecule has 0 aliphatic heterocycles. The molecular formula is C27H21Cl2F3N4O3S. The van der Waals surface area contributed by atoms with E-state index in [0.717, 1.165) is 17.7 Å². The second kappa shape index (κ2) is 13.0. The molecule has 0 spiro atoms. The summed E-state index contributed by atoms with van der Waals surface area (Å²) in [7, 11) is 1.51. The van der Waals surface area contributed by atoms with Crippen LogP contribution in [0.2, 0.25) is 10.0 Å². The maximum Gasteiger partial charge on any atom is 0.416 e. The molecule has 7 nitrogen and oxygen atoms in total. The van der Waals surface area contributed by atoms with Gasteiger partial charge in [-0.25, -0.2) is 10.4 Å². The third-order valence-corrected chi connectivity index (χ3v) is 6.85. The molecule has 0 bridgehead atoms. The Labute approximate surface area is 241 Å². The second-order valence-electron chi connectivity index (χ2n) is 8.26. The summed E-state index contributed by atoms with van der Waals surface area (Å²) in [5, 5.41) is 9.69. The zero-order valence-electron chi connectivity index (χ0n) is 20.8. The number of nitrogens with one attached hydrogen (secondary N) is 2. The van der Waals surface area contributed by atoms with Crippen molar-refractivity contribution in [3.63, 3.8) is 0 Å². The number of hydrogen-bond acceptors (Lipinski definition) is 7. The number of anilines is 2. The zero-order chi connectivity index (χ0) is 28.7. The minimum Gasteiger partial charge on any atom is -0.493 e. The number of nitrogens with zero attached hydrogens (tertiary/aromatic N) is 2. The Balaban J connectivity index is 1.29. The maximum absolute atomic E-state index is 12.9. The molecule has 13 heteroatoms. The van der Waals surface area contributed by atoms with Crippen molar-refractivity contribution < 1.29 is 27.4 Å². The molecule has 0 radical (unpaired) electrons. The highest BCUT2D eigenvalue weighted by molar-refractivity contribution is 7.13. The van der Waals surface area contributed by atoms with Gasteiger partial charge in [0.05, 0.1) is 41.0 Å². The average Bonchev–Trinajstić information content (AvgIpc) is 3.35. The van der Waals surface area contributed by atoms with Crippen LogP contribution in [0.3, 0.4) is 0 Å². The van der Waals surface area contributed by atoms with E-state index in [1.54, 1.807) is 35.7 Å². The number of halogens is 5. The molecule has 4 rings (SSSR count). The molecule has 3 aromatic carbocycles. The molecule has 4 aromatic rings. The number of amides is 1. The van der Waals surface area contributed by atoms with Gasteiger partial charge in [0.1, 0.15) is 6.61 Å². The number of hydrazone groups is 1. The molecule has 0 aliphatic rings. The number of carbonyl (C=O) groups is 1. The number of rotatable bonds is 10. The van der Waals surface area contributed by atoms with E-state index in [9.17, 15) is 18.0 Å². The van der Waals surface area contributed by atoms with Gasteiger partial charge in [-0.3, -0.25) is 4.79 Å². The Kier molecular flexibility index (Phi) is 9.51. The lowest BCUT2D eigenvalue weighted by molar-refractivity contribution is -0.137. The fourth-order valence-electron chi connectivity index (χ4n) is 3.40. The number of aromatic nitrogens is 1. The second-order valence-corrected chi connectivity index (χ2v) is 9.94. The molecule has 0 saturated heterocycles. The molecule has 0 fully saturated rings. The topological polar surface area (TPSA) is 84.8 Å². The van der Waals surface area contributed by atoms with Crippen molar-refractivity contribution in [2.24, 2.45) is 5.10 Å². The van der Waals surface area contributed by atoms with Crippen LogP contribution in [0.1, 0.15) is 22.4 Å². The smallest absolute Gasteiger partial charge is 0.416 e. The van der Waals surface area contributed by atoms with E-state index in [-0.39, 0.29) is 18.7 Å². The van der Waals surface area contributed by atoms with E-state index in [0.29, 0.717) is 37.9 Å². The minimum absolute atomic E-state index is 0.0665. The first-order chi connectivity index (χ1) is 19.1. The number of benzene rings is 3. The summed E-state index contributed by atoms with van der Waals surface area (Å²) in [6.07, 6.45) is -3.06. The summed E-state index contributed by atoms with van der Waals surface area (Å²) in [5.41, 5.74) is 3.83. The van der Waals surface area contributed by atoms with Gasteiger partial charge in [0.15, 0.2) is 16.6 Å². The Hall–Kier alpha value is -3.80. The van der Waals surface area contributed by atoms with E-state index in [1.807, 2.05) is 6.07 Å². The van der Waals surface area contributed by atoms with Crippen molar-refractivity contribution >= 4 is 57.5 Å². The highest BCUT2D eigenvalue weighted by Crippen LogP contribution is 2.32. The molecule has 0 aliphatic carbocycles. The van der Waals surface area contributed by atoms with Crippen molar-refractivity contribution in [3.05, 3.63) is 98.5 Å². The van der Waals surface area contributed by atoms with Crippen LogP contribution >= 0.6 is 34.5 Å². The molecule has 1 heterocycles. The minimum atomic E-state index is -4.45. The highest BCUT2D eigenvalue weighted by Gasteiger charge is 2.30. The fraction of sp³-hybridized carbons (Fsp3) is 0.148. The molecule has 1 amide bonds. The van der Waals surface area contributed by atoms with Crippen LogP contribution in [0.4, 0.5) is 24.0 Å². The van der Waals surface area contributed by atoms with Gasteiger partial charge in [-0.15, -0.1) is 11.3 Å². The number of hydrogen-bond donors (Lipinski definition) is 2. The maximum atomic E-state index is 12.9. The van der Waals surface area contributed by atoms with Crippen molar-refractivity contribution in [1.29, 1.82) is 0 Å². The van der Waals surface area contributed by atoms with Gasteiger partial charge in [0, 0.05) is 11.1 Å². The summed E-state index contributed by atoms with van der Waals surface area (Å²) < 4.78 is 50.0. The fourth-order valence-corrected chi connectivity index (χ4v) is 4.45. The van der Waals surface area contributed by atoms with Crippen LogP contribution in [-0.4, -0.2) is 24.2 Å². The van der Waals surface area contributed by atoms with E-state index >= 15 is 0 Å². The van der Waals surface area contributed by atoms with Gasteiger partial charge in [-0.05, 0) is 59.7 Å². The predicted octanol–water partition coefficient (Wildman–Crippen LogP) is 7.49. The van der Waals surface area contributed by atoms with Gasteiger partial charge >= 0.3 is 6.18 Å². The quantitative estimate of drug-likeness (QED) is 0.144. The lowest BCUT2D eigenvalue weighted by atomic mass is 10.2. The first-order valence-corrected chi connectivity index (χ1v) is 13.2. The van der Waals surface area contributed by atoms with E-state index < -0.39 is 17.6 Å². The molecule has 208 valence electrons. The number of ether oxygens (including phenoxy) is 2. The van der Waals surface area contributed by atoms with Crippen LogP contribution < -0.4 is 20.2 Å². The van der Waals surface area contributed by atoms with Crippen molar-refractivity contribution in [2.75, 3.05) is 12.4 Å². The van der Waals surface area contributed by atoms with Gasteiger partial charge < -0.3 is 14.8 Å². The van der Waals surface area contributed by atoms with Crippen LogP contribution in [-0.2, 0) is 24.0 Å². The molecule has 0 unspecified atom stereocenters. The molecule has 0 atom stereocenters. The van der Waals surface area contributed by atoms with E-state index in [2.05, 4.69) is 20.8 Å². The Morgan fingerprint density at radius 1 is 1.07 bits per heavy atom. The first kappa shape index (κ1) is 29.2. The van der Waals surface area contributed by atoms with Gasteiger partial charge in [-0.2, -0.15) is 18.3 Å². The third kappa shape index (κ3) is 8.10. The number of carbonyl (C=O) groups excluding carboxylic acids is 1. The number of thiazole rings is 1. The summed E-state index contributed by atoms with van der Waals surface area (Å²) >= 11 is 13.2. The molecule has 40 heavy (non-hydrogen) atoms. The third-order valence-electron chi connectivity index (χ3n) is 5.30. The lowest BCUT2D eigenvalue weighted by Crippen LogP contribution is -2.19. The summed E-state index contributed by atoms with van der Waals surface area (Å²) in [4.78, 5) is 16.6.